The van der Waals surface area contributed by atoms with Crippen LogP contribution in [0.1, 0.15) is 80.2 Å². The largest absolute Gasteiger partial charge is 0.310 e. The van der Waals surface area contributed by atoms with Gasteiger partial charge in [0.25, 0.3) is 0 Å². The van der Waals surface area contributed by atoms with Crippen LogP contribution in [0.3, 0.4) is 0 Å². The van der Waals surface area contributed by atoms with E-state index in [0.29, 0.717) is 5.41 Å². The molecular weight excluding hydrogens is 603 g/mol. The summed E-state index contributed by atoms with van der Waals surface area (Å²) < 4.78 is 0. The average molecular weight is 650 g/mol. The van der Waals surface area contributed by atoms with Crippen molar-refractivity contribution >= 4 is 27.8 Å². The van der Waals surface area contributed by atoms with Crippen molar-refractivity contribution in [1.82, 2.24) is 0 Å². The van der Waals surface area contributed by atoms with E-state index in [1.165, 1.54) is 111 Å². The molecule has 0 spiro atoms. The first-order valence-corrected chi connectivity index (χ1v) is 19.0. The third kappa shape index (κ3) is 4.51. The van der Waals surface area contributed by atoms with Gasteiger partial charge in [0, 0.05) is 22.4 Å². The number of rotatable bonds is 5. The standard InChI is InChI=1S/C49H47N/c1-31-11-5-8-17-41(31)43-24-36-13-6-7-14-37(36)25-46(43)50(40-19-20-42-45(27-40)48(3,4)44-18-9-12-32(2)47(42)44)39-16-10-15-38(26-39)49-28-33-21-34(29-49)23-35(22-33)30-49/h5-20,24-27,33-35H,21-23,28-30H2,1-4H3. The van der Waals surface area contributed by atoms with E-state index >= 15 is 0 Å². The molecule has 0 heterocycles. The van der Waals surface area contributed by atoms with Crippen LogP contribution in [0, 0.1) is 31.6 Å². The summed E-state index contributed by atoms with van der Waals surface area (Å²) in [4.78, 5) is 2.60. The maximum absolute atomic E-state index is 2.60. The summed E-state index contributed by atoms with van der Waals surface area (Å²) in [5.74, 6) is 2.74. The van der Waals surface area contributed by atoms with Gasteiger partial charge < -0.3 is 4.90 Å². The van der Waals surface area contributed by atoms with Crippen LogP contribution >= 0.6 is 0 Å². The molecular formula is C49H47N. The fraction of sp³-hybridized carbons (Fsp3) is 0.306. The molecule has 4 fully saturated rings. The smallest absolute Gasteiger partial charge is 0.0546 e. The Morgan fingerprint density at radius 2 is 1.16 bits per heavy atom. The zero-order chi connectivity index (χ0) is 33.8. The fourth-order valence-electron chi connectivity index (χ4n) is 11.5. The molecule has 50 heavy (non-hydrogen) atoms. The summed E-state index contributed by atoms with van der Waals surface area (Å²) in [6.07, 6.45) is 8.52. The van der Waals surface area contributed by atoms with Crippen molar-refractivity contribution in [3.63, 3.8) is 0 Å². The van der Waals surface area contributed by atoms with E-state index in [2.05, 4.69) is 154 Å². The van der Waals surface area contributed by atoms with Crippen molar-refractivity contribution in [2.24, 2.45) is 17.8 Å². The molecule has 6 aromatic rings. The van der Waals surface area contributed by atoms with Gasteiger partial charge in [0.2, 0.25) is 0 Å². The average Bonchev–Trinajstić information content (AvgIpc) is 3.34. The second kappa shape index (κ2) is 10.9. The number of nitrogens with zero attached hydrogens (tertiary/aromatic N) is 1. The van der Waals surface area contributed by atoms with Crippen LogP contribution in [0.5, 0.6) is 0 Å². The van der Waals surface area contributed by atoms with Crippen LogP contribution < -0.4 is 4.90 Å². The van der Waals surface area contributed by atoms with Crippen LogP contribution in [0.4, 0.5) is 17.1 Å². The maximum Gasteiger partial charge on any atom is 0.0546 e. The highest BCUT2D eigenvalue weighted by Crippen LogP contribution is 2.61. The molecule has 1 heteroatoms. The molecule has 0 aliphatic heterocycles. The molecule has 4 saturated carbocycles. The van der Waals surface area contributed by atoms with Gasteiger partial charge in [0.15, 0.2) is 0 Å². The summed E-state index contributed by atoms with van der Waals surface area (Å²) in [5, 5.41) is 2.55. The SMILES string of the molecule is Cc1ccccc1-c1cc2ccccc2cc1N(c1cccc(C23CC4CC(CC(C4)C2)C3)c1)c1ccc2c(c1)C(C)(C)c1cccc(C)c1-2. The van der Waals surface area contributed by atoms with Crippen LogP contribution in [0.2, 0.25) is 0 Å². The van der Waals surface area contributed by atoms with Crippen molar-refractivity contribution < 1.29 is 0 Å². The van der Waals surface area contributed by atoms with Crippen LogP contribution in [0.25, 0.3) is 33.0 Å². The minimum Gasteiger partial charge on any atom is -0.310 e. The van der Waals surface area contributed by atoms with Gasteiger partial charge in [0.1, 0.15) is 0 Å². The normalized spacial score (nSPS) is 24.0. The lowest BCUT2D eigenvalue weighted by Gasteiger charge is -2.57. The Kier molecular flexibility index (Phi) is 6.61. The predicted octanol–water partition coefficient (Wildman–Crippen LogP) is 13.4. The first-order valence-electron chi connectivity index (χ1n) is 19.0. The van der Waals surface area contributed by atoms with Crippen molar-refractivity contribution in [1.29, 1.82) is 0 Å². The molecule has 5 aliphatic carbocycles. The quantitative estimate of drug-likeness (QED) is 0.180. The second-order valence-corrected chi connectivity index (χ2v) is 17.0. The van der Waals surface area contributed by atoms with E-state index < -0.39 is 0 Å². The number of hydrogen-bond donors (Lipinski definition) is 0. The number of anilines is 3. The topological polar surface area (TPSA) is 3.24 Å². The van der Waals surface area contributed by atoms with E-state index in [-0.39, 0.29) is 5.41 Å². The van der Waals surface area contributed by atoms with E-state index in [0.717, 1.165) is 17.8 Å². The highest BCUT2D eigenvalue weighted by atomic mass is 15.1. The minimum absolute atomic E-state index is 0.0817. The van der Waals surface area contributed by atoms with Gasteiger partial charge in [-0.25, -0.2) is 0 Å². The molecule has 4 bridgehead atoms. The molecule has 11 rings (SSSR count). The second-order valence-electron chi connectivity index (χ2n) is 17.0. The lowest BCUT2D eigenvalue weighted by atomic mass is 9.48. The zero-order valence-corrected chi connectivity index (χ0v) is 30.0. The Hall–Kier alpha value is -4.62. The van der Waals surface area contributed by atoms with E-state index in [4.69, 9.17) is 0 Å². The van der Waals surface area contributed by atoms with E-state index in [1.54, 1.807) is 5.56 Å². The summed E-state index contributed by atoms with van der Waals surface area (Å²) in [5.41, 5.74) is 16.4. The van der Waals surface area contributed by atoms with Crippen LogP contribution in [0.15, 0.2) is 121 Å². The predicted molar refractivity (Wildman–Crippen MR) is 211 cm³/mol. The third-order valence-corrected chi connectivity index (χ3v) is 13.4. The molecule has 0 radical (unpaired) electrons. The highest BCUT2D eigenvalue weighted by molar-refractivity contribution is 5.99. The number of aryl methyl sites for hydroxylation is 2. The van der Waals surface area contributed by atoms with Gasteiger partial charge in [-0.3, -0.25) is 0 Å². The molecule has 248 valence electrons. The molecule has 0 atom stereocenters. The summed E-state index contributed by atoms with van der Waals surface area (Å²) >= 11 is 0. The van der Waals surface area contributed by atoms with Gasteiger partial charge in [-0.2, -0.15) is 0 Å². The Bertz CT molecular complexity index is 2290. The van der Waals surface area contributed by atoms with Crippen LogP contribution in [-0.2, 0) is 10.8 Å². The van der Waals surface area contributed by atoms with Crippen molar-refractivity contribution in [2.45, 2.75) is 77.0 Å². The lowest BCUT2D eigenvalue weighted by Crippen LogP contribution is -2.48. The first kappa shape index (κ1) is 30.2. The molecule has 0 N–H and O–H groups in total. The summed E-state index contributed by atoms with van der Waals surface area (Å²) in [6, 6.07) is 46.6. The van der Waals surface area contributed by atoms with Gasteiger partial charge >= 0.3 is 0 Å². The molecule has 0 saturated heterocycles. The fourth-order valence-corrected chi connectivity index (χ4v) is 11.5. The molecule has 5 aliphatic rings. The molecule has 0 amide bonds. The Balaban J connectivity index is 1.22. The molecule has 1 nitrogen and oxygen atoms in total. The van der Waals surface area contributed by atoms with Crippen molar-refractivity contribution in [3.05, 3.63) is 149 Å². The molecule has 0 aromatic heterocycles. The Morgan fingerprint density at radius 3 is 1.90 bits per heavy atom. The minimum atomic E-state index is -0.0817. The number of fused-ring (bicyclic) bond motifs is 4. The van der Waals surface area contributed by atoms with Gasteiger partial charge in [-0.05, 0) is 167 Å². The van der Waals surface area contributed by atoms with Gasteiger partial charge in [0.05, 0.1) is 5.69 Å². The number of benzene rings is 6. The highest BCUT2D eigenvalue weighted by Gasteiger charge is 2.51. The zero-order valence-electron chi connectivity index (χ0n) is 30.0. The van der Waals surface area contributed by atoms with E-state index in [9.17, 15) is 0 Å². The molecule has 6 aromatic carbocycles. The summed E-state index contributed by atoms with van der Waals surface area (Å²) in [7, 11) is 0. The monoisotopic (exact) mass is 649 g/mol. The maximum atomic E-state index is 2.60. The Labute approximate surface area is 298 Å². The first-order chi connectivity index (χ1) is 24.3. The third-order valence-electron chi connectivity index (χ3n) is 13.4. The van der Waals surface area contributed by atoms with Crippen LogP contribution in [-0.4, -0.2) is 0 Å². The lowest BCUT2D eigenvalue weighted by molar-refractivity contribution is -0.00516. The van der Waals surface area contributed by atoms with Gasteiger partial charge in [-0.15, -0.1) is 0 Å². The van der Waals surface area contributed by atoms with E-state index in [1.807, 2.05) is 0 Å². The summed E-state index contributed by atoms with van der Waals surface area (Å²) in [6.45, 7) is 9.34. The van der Waals surface area contributed by atoms with Crippen molar-refractivity contribution in [3.8, 4) is 22.3 Å². The Morgan fingerprint density at radius 1 is 0.520 bits per heavy atom. The van der Waals surface area contributed by atoms with Crippen molar-refractivity contribution in [2.75, 3.05) is 4.90 Å². The number of hydrogen-bond acceptors (Lipinski definition) is 1. The van der Waals surface area contributed by atoms with Gasteiger partial charge in [-0.1, -0.05) is 98.8 Å². The molecule has 0 unspecified atom stereocenters.